The fourth-order valence-corrected chi connectivity index (χ4v) is 0.350. The molecule has 36 valence electrons. The summed E-state index contributed by atoms with van der Waals surface area (Å²) in [5.74, 6) is 0. The van der Waals surface area contributed by atoms with Gasteiger partial charge in [0.25, 0.3) is 0 Å². The van der Waals surface area contributed by atoms with E-state index in [2.05, 4.69) is 16.7 Å². The van der Waals surface area contributed by atoms with Gasteiger partial charge in [0.2, 0.25) is 0 Å². The van der Waals surface area contributed by atoms with Crippen LogP contribution in [-0.4, -0.2) is 12.7 Å². The summed E-state index contributed by atoms with van der Waals surface area (Å²) >= 11 is 0. The maximum absolute atomic E-state index is 4.58. The first-order valence-corrected chi connectivity index (χ1v) is 2.21. The summed E-state index contributed by atoms with van der Waals surface area (Å²) in [6.07, 6.45) is 1.46. The van der Waals surface area contributed by atoms with Crippen molar-refractivity contribution in [3.63, 3.8) is 0 Å². The van der Waals surface area contributed by atoms with E-state index in [1.165, 1.54) is 0 Å². The van der Waals surface area contributed by atoms with Crippen LogP contribution in [0.4, 0.5) is 0 Å². The van der Waals surface area contributed by atoms with Crippen LogP contribution in [0.2, 0.25) is 0 Å². The Labute approximate surface area is 37.0 Å². The average molecular weight is 88.1 g/mol. The first-order chi connectivity index (χ1) is 2.93. The summed E-state index contributed by atoms with van der Waals surface area (Å²) in [6, 6.07) is 0. The molecule has 1 aliphatic rings. The van der Waals surface area contributed by atoms with Crippen molar-refractivity contribution in [2.75, 3.05) is 6.61 Å². The normalized spacial score (nSPS) is 32.5. The smallest absolute Gasteiger partial charge is 0.119 e. The molecule has 0 aliphatic carbocycles. The molecule has 0 aromatic carbocycles. The monoisotopic (exact) mass is 88.1 g/mol. The van der Waals surface area contributed by atoms with E-state index in [4.69, 9.17) is 0 Å². The molecular weight excluding hydrogens is 80.0 g/mol. The molecule has 0 radical (unpaired) electrons. The van der Waals surface area contributed by atoms with Crippen molar-refractivity contribution in [2.24, 2.45) is 0 Å². The van der Waals surface area contributed by atoms with Gasteiger partial charge in [-0.2, -0.15) is 0 Å². The Balaban J connectivity index is 2.01. The molecule has 2 heteroatoms. The molecule has 1 saturated heterocycles. The van der Waals surface area contributed by atoms with Crippen molar-refractivity contribution in [1.29, 1.82) is 0 Å². The SMILES string of the molecule is CC[C@@H]1COO1. The topological polar surface area (TPSA) is 18.5 Å². The van der Waals surface area contributed by atoms with Crippen molar-refractivity contribution in [2.45, 2.75) is 19.4 Å². The molecule has 0 unspecified atom stereocenters. The van der Waals surface area contributed by atoms with Gasteiger partial charge in [0.15, 0.2) is 0 Å². The zero-order valence-corrected chi connectivity index (χ0v) is 3.81. The van der Waals surface area contributed by atoms with E-state index < -0.39 is 0 Å². The summed E-state index contributed by atoms with van der Waals surface area (Å²) < 4.78 is 0. The molecule has 0 amide bonds. The third-order valence-corrected chi connectivity index (χ3v) is 0.913. The molecule has 1 heterocycles. The summed E-state index contributed by atoms with van der Waals surface area (Å²) in [6.45, 7) is 2.86. The second kappa shape index (κ2) is 1.58. The molecule has 0 N–H and O–H groups in total. The van der Waals surface area contributed by atoms with Gasteiger partial charge in [-0.15, -0.1) is 0 Å². The third kappa shape index (κ3) is 0.533. The lowest BCUT2D eigenvalue weighted by Crippen LogP contribution is -2.29. The molecule has 0 spiro atoms. The third-order valence-electron chi connectivity index (χ3n) is 0.913. The minimum Gasteiger partial charge on any atom is -0.233 e. The second-order valence-corrected chi connectivity index (χ2v) is 1.41. The molecule has 1 aliphatic heterocycles. The molecule has 0 saturated carbocycles. The van der Waals surface area contributed by atoms with Crippen LogP contribution in [0.25, 0.3) is 0 Å². The zero-order chi connectivity index (χ0) is 4.41. The number of hydrogen-bond acceptors (Lipinski definition) is 2. The van der Waals surface area contributed by atoms with Gasteiger partial charge in [-0.25, -0.2) is 9.78 Å². The van der Waals surface area contributed by atoms with Crippen LogP contribution in [0.3, 0.4) is 0 Å². The van der Waals surface area contributed by atoms with Crippen LogP contribution in [0.15, 0.2) is 0 Å². The second-order valence-electron chi connectivity index (χ2n) is 1.41. The Hall–Kier alpha value is -0.0800. The maximum atomic E-state index is 4.58. The first-order valence-electron chi connectivity index (χ1n) is 2.21. The Bertz CT molecular complexity index is 38.1. The van der Waals surface area contributed by atoms with E-state index in [-0.39, 0.29) is 0 Å². The van der Waals surface area contributed by atoms with Gasteiger partial charge in [0, 0.05) is 0 Å². The summed E-state index contributed by atoms with van der Waals surface area (Å²) in [4.78, 5) is 9.01. The summed E-state index contributed by atoms with van der Waals surface area (Å²) in [7, 11) is 0. The molecule has 0 bridgehead atoms. The standard InChI is InChI=1S/C4H8O2/c1-2-4-3-5-6-4/h4H,2-3H2,1H3/t4-/m1/s1. The minimum atomic E-state index is 0.394. The van der Waals surface area contributed by atoms with Crippen molar-refractivity contribution in [1.82, 2.24) is 0 Å². The van der Waals surface area contributed by atoms with E-state index in [1.807, 2.05) is 0 Å². The molecule has 2 nitrogen and oxygen atoms in total. The van der Waals surface area contributed by atoms with Crippen LogP contribution in [0.5, 0.6) is 0 Å². The van der Waals surface area contributed by atoms with Gasteiger partial charge in [0.05, 0.1) is 0 Å². The molecule has 0 aromatic rings. The number of rotatable bonds is 1. The Morgan fingerprint density at radius 2 is 2.50 bits per heavy atom. The van der Waals surface area contributed by atoms with Crippen molar-refractivity contribution >= 4 is 0 Å². The molecule has 1 rings (SSSR count). The van der Waals surface area contributed by atoms with Gasteiger partial charge in [-0.1, -0.05) is 6.92 Å². The predicted octanol–water partition coefficient (Wildman–Crippen LogP) is 0.727. The largest absolute Gasteiger partial charge is 0.233 e. The Kier molecular flexibility index (Phi) is 1.08. The lowest BCUT2D eigenvalue weighted by Gasteiger charge is -2.22. The van der Waals surface area contributed by atoms with Crippen LogP contribution < -0.4 is 0 Å². The van der Waals surface area contributed by atoms with Crippen LogP contribution in [0, 0.1) is 0 Å². The van der Waals surface area contributed by atoms with Crippen molar-refractivity contribution < 1.29 is 9.78 Å². The van der Waals surface area contributed by atoms with Crippen molar-refractivity contribution in [3.05, 3.63) is 0 Å². The Morgan fingerprint density at radius 3 is 2.50 bits per heavy atom. The van der Waals surface area contributed by atoms with E-state index >= 15 is 0 Å². The van der Waals surface area contributed by atoms with Crippen molar-refractivity contribution in [3.8, 4) is 0 Å². The van der Waals surface area contributed by atoms with E-state index in [1.54, 1.807) is 0 Å². The van der Waals surface area contributed by atoms with Crippen LogP contribution >= 0.6 is 0 Å². The first kappa shape index (κ1) is 4.09. The number of hydrogen-bond donors (Lipinski definition) is 0. The maximum Gasteiger partial charge on any atom is 0.119 e. The van der Waals surface area contributed by atoms with Gasteiger partial charge >= 0.3 is 0 Å². The molecule has 0 aromatic heterocycles. The summed E-state index contributed by atoms with van der Waals surface area (Å²) in [5.41, 5.74) is 0. The van der Waals surface area contributed by atoms with Gasteiger partial charge in [0.1, 0.15) is 12.7 Å². The fourth-order valence-electron chi connectivity index (χ4n) is 0.350. The average Bonchev–Trinajstić information content (AvgIpc) is 1.31. The lowest BCUT2D eigenvalue weighted by atomic mass is 10.3. The van der Waals surface area contributed by atoms with Gasteiger partial charge in [-0.3, -0.25) is 0 Å². The van der Waals surface area contributed by atoms with E-state index in [9.17, 15) is 0 Å². The van der Waals surface area contributed by atoms with Gasteiger partial charge < -0.3 is 0 Å². The van der Waals surface area contributed by atoms with Crippen LogP contribution in [-0.2, 0) is 9.78 Å². The fraction of sp³-hybridized carbons (Fsp3) is 1.00. The highest BCUT2D eigenvalue weighted by atomic mass is 17.2. The highest BCUT2D eigenvalue weighted by Crippen LogP contribution is 2.08. The molecular formula is C4H8O2. The van der Waals surface area contributed by atoms with Gasteiger partial charge in [-0.05, 0) is 6.42 Å². The Morgan fingerprint density at radius 1 is 1.83 bits per heavy atom. The zero-order valence-electron chi connectivity index (χ0n) is 3.81. The molecule has 1 fully saturated rings. The van der Waals surface area contributed by atoms with E-state index in [0.29, 0.717) is 6.10 Å². The predicted molar refractivity (Wildman–Crippen MR) is 21.1 cm³/mol. The minimum absolute atomic E-state index is 0.394. The molecule has 1 atom stereocenters. The van der Waals surface area contributed by atoms with Crippen LogP contribution in [0.1, 0.15) is 13.3 Å². The lowest BCUT2D eigenvalue weighted by molar-refractivity contribution is -0.424. The quantitative estimate of drug-likeness (QED) is 0.440. The highest BCUT2D eigenvalue weighted by Gasteiger charge is 2.16. The molecule has 6 heavy (non-hydrogen) atoms. The van der Waals surface area contributed by atoms with E-state index in [0.717, 1.165) is 13.0 Å². The summed E-state index contributed by atoms with van der Waals surface area (Å²) in [5, 5.41) is 0. The highest BCUT2D eigenvalue weighted by molar-refractivity contribution is 4.53.